The number of rotatable bonds is 4. The second kappa shape index (κ2) is 7.08. The third kappa shape index (κ3) is 3.09. The summed E-state index contributed by atoms with van der Waals surface area (Å²) in [5.41, 5.74) is 8.00. The summed E-state index contributed by atoms with van der Waals surface area (Å²) < 4.78 is 19.3. The van der Waals surface area contributed by atoms with E-state index in [9.17, 15) is 4.79 Å². The third-order valence-corrected chi connectivity index (χ3v) is 6.72. The molecule has 2 aliphatic rings. The first-order chi connectivity index (χ1) is 14.1. The molecule has 3 aromatic heterocycles. The van der Waals surface area contributed by atoms with Crippen LogP contribution in [-0.2, 0) is 9.47 Å². The Balaban J connectivity index is 1.57. The van der Waals surface area contributed by atoms with E-state index in [4.69, 9.17) is 25.0 Å². The molecule has 5 rings (SSSR count). The van der Waals surface area contributed by atoms with Crippen LogP contribution in [0.2, 0.25) is 0 Å². The average molecular weight is 414 g/mol. The molecule has 1 saturated heterocycles. The number of nitrogens with zero attached hydrogens (tertiary/aromatic N) is 3. The monoisotopic (exact) mass is 414 g/mol. The lowest BCUT2D eigenvalue weighted by Crippen LogP contribution is -2.36. The summed E-state index contributed by atoms with van der Waals surface area (Å²) in [5.74, 6) is -0.333. The van der Waals surface area contributed by atoms with Crippen LogP contribution < -0.4 is 10.5 Å². The van der Waals surface area contributed by atoms with E-state index in [1.807, 2.05) is 11.4 Å². The molecule has 2 fully saturated rings. The van der Waals surface area contributed by atoms with E-state index in [0.29, 0.717) is 24.0 Å². The van der Waals surface area contributed by atoms with Crippen LogP contribution in [-0.4, -0.2) is 46.8 Å². The van der Waals surface area contributed by atoms with E-state index in [1.165, 1.54) is 11.3 Å². The van der Waals surface area contributed by atoms with Crippen molar-refractivity contribution in [2.24, 2.45) is 5.73 Å². The fourth-order valence-electron chi connectivity index (χ4n) is 4.36. The zero-order chi connectivity index (χ0) is 20.0. The third-order valence-electron chi connectivity index (χ3n) is 5.77. The van der Waals surface area contributed by atoms with Gasteiger partial charge in [0.05, 0.1) is 42.1 Å². The number of thiophene rings is 1. The van der Waals surface area contributed by atoms with Crippen LogP contribution in [0.3, 0.4) is 0 Å². The molecule has 8 nitrogen and oxygen atoms in total. The summed E-state index contributed by atoms with van der Waals surface area (Å²) in [4.78, 5) is 16.4. The van der Waals surface area contributed by atoms with E-state index in [0.717, 1.165) is 47.8 Å². The van der Waals surface area contributed by atoms with Gasteiger partial charge in [-0.1, -0.05) is 0 Å². The molecule has 3 aromatic rings. The second-order valence-corrected chi connectivity index (χ2v) is 8.32. The molecule has 1 amide bonds. The molecule has 0 bridgehead atoms. The van der Waals surface area contributed by atoms with Gasteiger partial charge in [0.25, 0.3) is 5.91 Å². The van der Waals surface area contributed by atoms with Crippen LogP contribution >= 0.6 is 11.3 Å². The molecule has 0 aromatic carbocycles. The van der Waals surface area contributed by atoms with Gasteiger partial charge in [-0.05, 0) is 25.0 Å². The second-order valence-electron chi connectivity index (χ2n) is 7.41. The number of amides is 1. The zero-order valence-electron chi connectivity index (χ0n) is 16.1. The van der Waals surface area contributed by atoms with E-state index in [1.54, 1.807) is 19.4 Å². The highest BCUT2D eigenvalue weighted by Crippen LogP contribution is 2.43. The minimum Gasteiger partial charge on any atom is -0.480 e. The van der Waals surface area contributed by atoms with Crippen LogP contribution in [0.15, 0.2) is 23.7 Å². The van der Waals surface area contributed by atoms with Gasteiger partial charge in [0.15, 0.2) is 5.79 Å². The molecule has 4 heterocycles. The average Bonchev–Trinajstić information content (AvgIpc) is 3.47. The Hall–Kier alpha value is -2.49. The number of hydrogen-bond acceptors (Lipinski definition) is 7. The number of carbonyl (C=O) groups excluding carboxylic acids is 1. The van der Waals surface area contributed by atoms with E-state index in [-0.39, 0.29) is 6.04 Å². The fourth-order valence-corrected chi connectivity index (χ4v) is 5.10. The van der Waals surface area contributed by atoms with Crippen molar-refractivity contribution in [3.63, 3.8) is 0 Å². The number of pyridine rings is 1. The number of carbonyl (C=O) groups is 1. The first-order valence-corrected chi connectivity index (χ1v) is 10.6. The fraction of sp³-hybridized carbons (Fsp3) is 0.450. The molecule has 0 atom stereocenters. The van der Waals surface area contributed by atoms with Crippen molar-refractivity contribution in [3.8, 4) is 17.1 Å². The largest absolute Gasteiger partial charge is 0.480 e. The maximum Gasteiger partial charge on any atom is 0.258 e. The highest BCUT2D eigenvalue weighted by atomic mass is 32.1. The molecule has 1 aliphatic carbocycles. The van der Waals surface area contributed by atoms with Crippen molar-refractivity contribution in [1.82, 2.24) is 14.8 Å². The lowest BCUT2D eigenvalue weighted by atomic mass is 9.90. The quantitative estimate of drug-likeness (QED) is 0.704. The van der Waals surface area contributed by atoms with Gasteiger partial charge >= 0.3 is 0 Å². The number of aromatic nitrogens is 3. The Bertz CT molecular complexity index is 1060. The Kier molecular flexibility index (Phi) is 4.53. The van der Waals surface area contributed by atoms with Gasteiger partial charge in [0.1, 0.15) is 5.69 Å². The smallest absolute Gasteiger partial charge is 0.258 e. The first kappa shape index (κ1) is 18.5. The number of nitrogens with two attached hydrogens (primary N) is 1. The first-order valence-electron chi connectivity index (χ1n) is 9.68. The minimum absolute atomic E-state index is 0.228. The van der Waals surface area contributed by atoms with E-state index >= 15 is 0 Å². The molecule has 1 spiro atoms. The van der Waals surface area contributed by atoms with Gasteiger partial charge in [0, 0.05) is 30.0 Å². The summed E-state index contributed by atoms with van der Waals surface area (Å²) in [6.45, 7) is 1.34. The van der Waals surface area contributed by atoms with Crippen molar-refractivity contribution < 1.29 is 19.0 Å². The van der Waals surface area contributed by atoms with Crippen LogP contribution in [0, 0.1) is 0 Å². The summed E-state index contributed by atoms with van der Waals surface area (Å²) in [6, 6.07) is 3.97. The van der Waals surface area contributed by atoms with E-state index < -0.39 is 11.7 Å². The number of hydrogen-bond donors (Lipinski definition) is 1. The van der Waals surface area contributed by atoms with Crippen molar-refractivity contribution in [3.05, 3.63) is 28.6 Å². The van der Waals surface area contributed by atoms with Gasteiger partial charge in [-0.3, -0.25) is 9.48 Å². The Morgan fingerprint density at radius 3 is 2.76 bits per heavy atom. The summed E-state index contributed by atoms with van der Waals surface area (Å²) in [6.07, 6.45) is 5.26. The van der Waals surface area contributed by atoms with Gasteiger partial charge in [-0.25, -0.2) is 4.98 Å². The highest BCUT2D eigenvalue weighted by molar-refractivity contribution is 7.12. The molecule has 152 valence electrons. The number of ether oxygens (including phenoxy) is 3. The molecule has 0 unspecified atom stereocenters. The lowest BCUT2D eigenvalue weighted by molar-refractivity contribution is -0.181. The normalized spacial score (nSPS) is 19.2. The SMILES string of the molecule is COc1nccc2c1c(-c1csc(C(N)=O)c1)nn2C1CCC2(CC1)OCCO2. The summed E-state index contributed by atoms with van der Waals surface area (Å²) >= 11 is 1.31. The maximum absolute atomic E-state index is 11.6. The molecule has 29 heavy (non-hydrogen) atoms. The van der Waals surface area contributed by atoms with Crippen LogP contribution in [0.5, 0.6) is 5.88 Å². The molecule has 1 saturated carbocycles. The summed E-state index contributed by atoms with van der Waals surface area (Å²) in [5, 5.41) is 7.69. The number of primary amides is 1. The topological polar surface area (TPSA) is 101 Å². The van der Waals surface area contributed by atoms with Gasteiger partial charge in [0.2, 0.25) is 5.88 Å². The Morgan fingerprint density at radius 1 is 1.34 bits per heavy atom. The predicted octanol–water partition coefficient (Wildman–Crippen LogP) is 3.13. The molecule has 2 N–H and O–H groups in total. The standard InChI is InChI=1S/C20H22N4O4S/c1-26-19-16-14(4-7-22-19)24(13-2-5-20(6-3-13)27-8-9-28-20)23-17(16)12-10-15(18(21)25)29-11-12/h4,7,10-11,13H,2-3,5-6,8-9H2,1H3,(H2,21,25). The Morgan fingerprint density at radius 2 is 2.10 bits per heavy atom. The molecule has 9 heteroatoms. The van der Waals surface area contributed by atoms with Crippen LogP contribution in [0.1, 0.15) is 41.4 Å². The zero-order valence-corrected chi connectivity index (χ0v) is 16.9. The molecular formula is C20H22N4O4S. The molecule has 1 aliphatic heterocycles. The van der Waals surface area contributed by atoms with Crippen LogP contribution in [0.25, 0.3) is 22.2 Å². The van der Waals surface area contributed by atoms with Crippen molar-refractivity contribution >= 4 is 28.1 Å². The van der Waals surface area contributed by atoms with Crippen molar-refractivity contribution in [2.45, 2.75) is 37.5 Å². The van der Waals surface area contributed by atoms with Crippen LogP contribution in [0.4, 0.5) is 0 Å². The van der Waals surface area contributed by atoms with Gasteiger partial charge < -0.3 is 19.9 Å². The molecule has 0 radical (unpaired) electrons. The van der Waals surface area contributed by atoms with Crippen molar-refractivity contribution in [1.29, 1.82) is 0 Å². The summed E-state index contributed by atoms with van der Waals surface area (Å²) in [7, 11) is 1.60. The predicted molar refractivity (Wildman–Crippen MR) is 108 cm³/mol. The maximum atomic E-state index is 11.6. The number of fused-ring (bicyclic) bond motifs is 1. The number of methoxy groups -OCH3 is 1. The minimum atomic E-state index is -0.441. The van der Waals surface area contributed by atoms with Gasteiger partial charge in [-0.15, -0.1) is 11.3 Å². The van der Waals surface area contributed by atoms with Crippen molar-refractivity contribution in [2.75, 3.05) is 20.3 Å². The van der Waals surface area contributed by atoms with Gasteiger partial charge in [-0.2, -0.15) is 5.10 Å². The van der Waals surface area contributed by atoms with E-state index in [2.05, 4.69) is 9.67 Å². The molecular weight excluding hydrogens is 392 g/mol. The Labute approximate surface area is 171 Å². The lowest BCUT2D eigenvalue weighted by Gasteiger charge is -2.35. The highest BCUT2D eigenvalue weighted by Gasteiger charge is 2.41.